The molecule has 0 saturated carbocycles. The van der Waals surface area contributed by atoms with Crippen molar-refractivity contribution in [1.82, 2.24) is 10.2 Å². The minimum absolute atomic E-state index is 0.0708. The van der Waals surface area contributed by atoms with Gasteiger partial charge in [-0.3, -0.25) is 0 Å². The third kappa shape index (κ3) is 5.85. The molecule has 1 saturated heterocycles. The van der Waals surface area contributed by atoms with Crippen molar-refractivity contribution in [3.8, 4) is 0 Å². The van der Waals surface area contributed by atoms with E-state index >= 15 is 0 Å². The standard InChI is InChI=1S/C21H28N2O2S/c24-21(22-13-4-8-18-6-2-1-3-7-18)23(19-11-15-25-16-12-19)14-10-20-9-5-17-26-20/h1-3,5-7,9,17,19H,4,8,10-16H2,(H,22,24). The van der Waals surface area contributed by atoms with Gasteiger partial charge in [-0.2, -0.15) is 0 Å². The summed E-state index contributed by atoms with van der Waals surface area (Å²) < 4.78 is 5.47. The molecule has 1 aliphatic rings. The molecule has 140 valence electrons. The fourth-order valence-corrected chi connectivity index (χ4v) is 4.06. The van der Waals surface area contributed by atoms with Crippen molar-refractivity contribution in [3.05, 3.63) is 58.3 Å². The summed E-state index contributed by atoms with van der Waals surface area (Å²) in [5.41, 5.74) is 1.32. The van der Waals surface area contributed by atoms with Crippen LogP contribution in [0.4, 0.5) is 4.79 Å². The monoisotopic (exact) mass is 372 g/mol. The van der Waals surface area contributed by atoms with Gasteiger partial charge < -0.3 is 15.0 Å². The molecular formula is C21H28N2O2S. The Morgan fingerprint density at radius 3 is 2.65 bits per heavy atom. The minimum atomic E-state index is 0.0708. The van der Waals surface area contributed by atoms with Gasteiger partial charge in [0.1, 0.15) is 0 Å². The van der Waals surface area contributed by atoms with E-state index in [0.717, 1.165) is 51.9 Å². The third-order valence-corrected chi connectivity index (χ3v) is 5.77. The molecular weight excluding hydrogens is 344 g/mol. The van der Waals surface area contributed by atoms with Gasteiger partial charge in [0.15, 0.2) is 0 Å². The van der Waals surface area contributed by atoms with Gasteiger partial charge in [-0.05, 0) is 49.1 Å². The summed E-state index contributed by atoms with van der Waals surface area (Å²) in [6.07, 6.45) is 4.74. The van der Waals surface area contributed by atoms with E-state index in [1.807, 2.05) is 11.0 Å². The van der Waals surface area contributed by atoms with E-state index in [4.69, 9.17) is 4.74 Å². The summed E-state index contributed by atoms with van der Waals surface area (Å²) in [7, 11) is 0. The number of thiophene rings is 1. The largest absolute Gasteiger partial charge is 0.381 e. The molecule has 0 aliphatic carbocycles. The van der Waals surface area contributed by atoms with Crippen molar-refractivity contribution in [3.63, 3.8) is 0 Å². The summed E-state index contributed by atoms with van der Waals surface area (Å²) in [6.45, 7) is 2.99. The fraction of sp³-hybridized carbons (Fsp3) is 0.476. The fourth-order valence-electron chi connectivity index (χ4n) is 3.37. The Hall–Kier alpha value is -1.85. The highest BCUT2D eigenvalue weighted by molar-refractivity contribution is 7.09. The van der Waals surface area contributed by atoms with Crippen molar-refractivity contribution in [2.45, 2.75) is 38.1 Å². The first-order valence-electron chi connectivity index (χ1n) is 9.51. The number of hydrogen-bond donors (Lipinski definition) is 1. The predicted octanol–water partition coefficient (Wildman–Crippen LogP) is 4.11. The summed E-state index contributed by atoms with van der Waals surface area (Å²) in [5, 5.41) is 5.22. The first kappa shape index (κ1) is 18.9. The van der Waals surface area contributed by atoms with Crippen LogP contribution >= 0.6 is 11.3 Å². The number of ether oxygens (including phenoxy) is 1. The second-order valence-electron chi connectivity index (χ2n) is 6.69. The molecule has 2 heterocycles. The highest BCUT2D eigenvalue weighted by atomic mass is 32.1. The number of nitrogens with one attached hydrogen (secondary N) is 1. The number of rotatable bonds is 8. The average molecular weight is 373 g/mol. The number of aryl methyl sites for hydroxylation is 1. The topological polar surface area (TPSA) is 41.6 Å². The number of nitrogens with zero attached hydrogens (tertiary/aromatic N) is 1. The summed E-state index contributed by atoms with van der Waals surface area (Å²) in [6, 6.07) is 15.0. The van der Waals surface area contributed by atoms with Gasteiger partial charge in [0.05, 0.1) is 0 Å². The molecule has 2 aromatic rings. The van der Waals surface area contributed by atoms with Gasteiger partial charge in [-0.1, -0.05) is 36.4 Å². The Kier molecular flexibility index (Phi) is 7.52. The Morgan fingerprint density at radius 2 is 1.92 bits per heavy atom. The molecule has 1 aromatic carbocycles. The lowest BCUT2D eigenvalue weighted by Crippen LogP contribution is -2.49. The summed E-state index contributed by atoms with van der Waals surface area (Å²) in [4.78, 5) is 16.2. The Bertz CT molecular complexity index is 639. The Morgan fingerprint density at radius 1 is 1.12 bits per heavy atom. The smallest absolute Gasteiger partial charge is 0.317 e. The minimum Gasteiger partial charge on any atom is -0.381 e. The van der Waals surface area contributed by atoms with Crippen LogP contribution in [0.3, 0.4) is 0 Å². The molecule has 0 unspecified atom stereocenters. The van der Waals surface area contributed by atoms with Crippen molar-refractivity contribution in [2.75, 3.05) is 26.3 Å². The average Bonchev–Trinajstić information content (AvgIpc) is 3.21. The van der Waals surface area contributed by atoms with Gasteiger partial charge in [0.25, 0.3) is 0 Å². The van der Waals surface area contributed by atoms with Gasteiger partial charge in [-0.25, -0.2) is 4.79 Å². The molecule has 3 rings (SSSR count). The van der Waals surface area contributed by atoms with E-state index in [-0.39, 0.29) is 12.1 Å². The number of carbonyl (C=O) groups is 1. The van der Waals surface area contributed by atoms with Crippen LogP contribution in [-0.4, -0.2) is 43.3 Å². The van der Waals surface area contributed by atoms with Crippen LogP contribution < -0.4 is 5.32 Å². The molecule has 2 amide bonds. The maximum atomic E-state index is 12.8. The van der Waals surface area contributed by atoms with Crippen LogP contribution in [0, 0.1) is 0 Å². The molecule has 0 atom stereocenters. The lowest BCUT2D eigenvalue weighted by molar-refractivity contribution is 0.0462. The van der Waals surface area contributed by atoms with Crippen LogP contribution in [-0.2, 0) is 17.6 Å². The number of carbonyl (C=O) groups excluding carboxylic acids is 1. The van der Waals surface area contributed by atoms with Crippen LogP contribution in [0.5, 0.6) is 0 Å². The van der Waals surface area contributed by atoms with Crippen molar-refractivity contribution in [1.29, 1.82) is 0 Å². The highest BCUT2D eigenvalue weighted by Gasteiger charge is 2.25. The van der Waals surface area contributed by atoms with Crippen LogP contribution in [0.2, 0.25) is 0 Å². The van der Waals surface area contributed by atoms with E-state index in [0.29, 0.717) is 6.54 Å². The highest BCUT2D eigenvalue weighted by Crippen LogP contribution is 2.17. The van der Waals surface area contributed by atoms with Gasteiger partial charge in [-0.15, -0.1) is 11.3 Å². The second-order valence-corrected chi connectivity index (χ2v) is 7.72. The summed E-state index contributed by atoms with van der Waals surface area (Å²) >= 11 is 1.76. The number of urea groups is 1. The summed E-state index contributed by atoms with van der Waals surface area (Å²) in [5.74, 6) is 0. The molecule has 4 nitrogen and oxygen atoms in total. The molecule has 26 heavy (non-hydrogen) atoms. The van der Waals surface area contributed by atoms with Crippen LogP contribution in [0.1, 0.15) is 29.7 Å². The van der Waals surface area contributed by atoms with Crippen molar-refractivity contribution >= 4 is 17.4 Å². The molecule has 1 aliphatic heterocycles. The first-order valence-corrected chi connectivity index (χ1v) is 10.4. The molecule has 1 aromatic heterocycles. The van der Waals surface area contributed by atoms with E-state index in [2.05, 4.69) is 47.1 Å². The Balaban J connectivity index is 1.48. The number of hydrogen-bond acceptors (Lipinski definition) is 3. The SMILES string of the molecule is O=C(NCCCc1ccccc1)N(CCc1cccs1)C1CCOCC1. The zero-order valence-electron chi connectivity index (χ0n) is 15.2. The maximum absolute atomic E-state index is 12.8. The van der Waals surface area contributed by atoms with E-state index in [1.54, 1.807) is 11.3 Å². The molecule has 1 fully saturated rings. The molecule has 0 radical (unpaired) electrons. The number of amides is 2. The quantitative estimate of drug-likeness (QED) is 0.709. The number of benzene rings is 1. The van der Waals surface area contributed by atoms with E-state index < -0.39 is 0 Å². The molecule has 5 heteroatoms. The predicted molar refractivity (Wildman–Crippen MR) is 107 cm³/mol. The van der Waals surface area contributed by atoms with E-state index in [1.165, 1.54) is 10.4 Å². The third-order valence-electron chi connectivity index (χ3n) is 4.83. The zero-order chi connectivity index (χ0) is 18.0. The molecule has 1 N–H and O–H groups in total. The second kappa shape index (κ2) is 10.3. The van der Waals surface area contributed by atoms with Crippen LogP contribution in [0.25, 0.3) is 0 Å². The molecule has 0 spiro atoms. The van der Waals surface area contributed by atoms with E-state index in [9.17, 15) is 4.79 Å². The lowest BCUT2D eigenvalue weighted by Gasteiger charge is -2.34. The lowest BCUT2D eigenvalue weighted by atomic mass is 10.1. The van der Waals surface area contributed by atoms with Crippen molar-refractivity contribution < 1.29 is 9.53 Å². The zero-order valence-corrected chi connectivity index (χ0v) is 16.0. The van der Waals surface area contributed by atoms with Gasteiger partial charge in [0.2, 0.25) is 0 Å². The first-order chi connectivity index (χ1) is 12.8. The Labute approximate surface area is 160 Å². The normalized spacial score (nSPS) is 14.9. The molecule has 0 bridgehead atoms. The van der Waals surface area contributed by atoms with Gasteiger partial charge >= 0.3 is 6.03 Å². The van der Waals surface area contributed by atoms with Gasteiger partial charge in [0, 0.05) is 37.2 Å². The van der Waals surface area contributed by atoms with Crippen LogP contribution in [0.15, 0.2) is 47.8 Å². The van der Waals surface area contributed by atoms with Crippen molar-refractivity contribution in [2.24, 2.45) is 0 Å². The maximum Gasteiger partial charge on any atom is 0.317 e.